The van der Waals surface area contributed by atoms with Gasteiger partial charge in [0.1, 0.15) is 17.1 Å². The zero-order valence-corrected chi connectivity index (χ0v) is 27.1. The molecular formula is C31H38F3N7O4S. The van der Waals surface area contributed by atoms with Crippen molar-refractivity contribution in [1.82, 2.24) is 24.5 Å². The Kier molecular flexibility index (Phi) is 9.47. The molecule has 248 valence electrons. The first-order chi connectivity index (χ1) is 21.7. The van der Waals surface area contributed by atoms with Crippen LogP contribution in [0.25, 0.3) is 0 Å². The molecule has 1 fully saturated rings. The van der Waals surface area contributed by atoms with Crippen LogP contribution in [0, 0.1) is 6.92 Å². The second-order valence-electron chi connectivity index (χ2n) is 11.9. The van der Waals surface area contributed by atoms with Crippen LogP contribution in [0.15, 0.2) is 42.6 Å². The van der Waals surface area contributed by atoms with Crippen molar-refractivity contribution in [3.63, 3.8) is 0 Å². The second-order valence-corrected chi connectivity index (χ2v) is 13.9. The molecule has 0 bridgehead atoms. The van der Waals surface area contributed by atoms with Gasteiger partial charge in [-0.25, -0.2) is 13.4 Å². The molecule has 0 radical (unpaired) electrons. The van der Waals surface area contributed by atoms with Gasteiger partial charge >= 0.3 is 6.18 Å². The number of ether oxygens (including phenoxy) is 1. The third-order valence-corrected chi connectivity index (χ3v) is 9.89. The van der Waals surface area contributed by atoms with Crippen molar-refractivity contribution in [2.24, 2.45) is 0 Å². The van der Waals surface area contributed by atoms with E-state index in [1.54, 1.807) is 37.3 Å². The lowest BCUT2D eigenvalue weighted by Crippen LogP contribution is -2.43. The molecule has 0 unspecified atom stereocenters. The van der Waals surface area contributed by atoms with Crippen LogP contribution in [0.5, 0.6) is 5.75 Å². The summed E-state index contributed by atoms with van der Waals surface area (Å²) in [6, 6.07) is 8.92. The Morgan fingerprint density at radius 1 is 1.15 bits per heavy atom. The SMILES string of the molecule is COc1cc(C(=O)NC2CCN(C)CC2)c(C)cc1Nc1ncc(C(F)(F)F)c(N[C@@H]2Cc3ccccc3[C@H]2N(C)S(C)(=O)=O)n1. The van der Waals surface area contributed by atoms with Gasteiger partial charge in [-0.15, -0.1) is 0 Å². The number of alkyl halides is 3. The summed E-state index contributed by atoms with van der Waals surface area (Å²) in [6.07, 6.45) is -1.09. The zero-order valence-electron chi connectivity index (χ0n) is 26.3. The van der Waals surface area contributed by atoms with E-state index in [0.717, 1.165) is 42.1 Å². The van der Waals surface area contributed by atoms with Gasteiger partial charge in [0, 0.05) is 24.8 Å². The van der Waals surface area contributed by atoms with E-state index in [0.29, 0.717) is 28.6 Å². The topological polar surface area (TPSA) is 129 Å². The first kappa shape index (κ1) is 33.4. The smallest absolute Gasteiger partial charge is 0.421 e. The van der Waals surface area contributed by atoms with Gasteiger partial charge in [-0.1, -0.05) is 24.3 Å². The van der Waals surface area contributed by atoms with Gasteiger partial charge in [-0.2, -0.15) is 22.5 Å². The van der Waals surface area contributed by atoms with E-state index in [9.17, 15) is 26.4 Å². The normalized spacial score (nSPS) is 19.2. The molecule has 1 amide bonds. The number of anilines is 3. The third kappa shape index (κ3) is 7.21. The van der Waals surface area contributed by atoms with Crippen molar-refractivity contribution in [3.8, 4) is 5.75 Å². The number of likely N-dealkylation sites (tertiary alicyclic amines) is 1. The number of hydrogen-bond donors (Lipinski definition) is 3. The molecule has 1 saturated heterocycles. The maximum Gasteiger partial charge on any atom is 0.421 e. The Balaban J connectivity index is 1.43. The quantitative estimate of drug-likeness (QED) is 0.307. The first-order valence-electron chi connectivity index (χ1n) is 14.8. The average molecular weight is 662 g/mol. The lowest BCUT2D eigenvalue weighted by Gasteiger charge is -2.30. The summed E-state index contributed by atoms with van der Waals surface area (Å²) in [6.45, 7) is 3.54. The maximum atomic E-state index is 14.2. The number of methoxy groups -OCH3 is 1. The fourth-order valence-electron chi connectivity index (χ4n) is 6.03. The number of hydrogen-bond acceptors (Lipinski definition) is 9. The number of nitrogens with one attached hydrogen (secondary N) is 3. The third-order valence-electron chi connectivity index (χ3n) is 8.62. The number of aromatic nitrogens is 2. The van der Waals surface area contributed by atoms with E-state index in [-0.39, 0.29) is 30.1 Å². The van der Waals surface area contributed by atoms with Crippen molar-refractivity contribution < 1.29 is 31.1 Å². The summed E-state index contributed by atoms with van der Waals surface area (Å²) in [5, 5.41) is 8.92. The molecule has 1 aromatic heterocycles. The van der Waals surface area contributed by atoms with E-state index in [2.05, 4.69) is 30.8 Å². The number of sulfonamides is 1. The number of likely N-dealkylation sites (N-methyl/N-ethyl adjacent to an activating group) is 1. The highest BCUT2D eigenvalue weighted by atomic mass is 32.2. The van der Waals surface area contributed by atoms with Crippen molar-refractivity contribution in [2.45, 2.75) is 50.5 Å². The molecule has 1 aliphatic heterocycles. The largest absolute Gasteiger partial charge is 0.495 e. The number of nitrogens with zero attached hydrogens (tertiary/aromatic N) is 4. The molecule has 2 aliphatic rings. The molecule has 2 atom stereocenters. The van der Waals surface area contributed by atoms with Gasteiger partial charge in [0.2, 0.25) is 16.0 Å². The lowest BCUT2D eigenvalue weighted by molar-refractivity contribution is -0.137. The van der Waals surface area contributed by atoms with E-state index in [1.807, 2.05) is 13.1 Å². The Morgan fingerprint density at radius 2 is 1.85 bits per heavy atom. The number of benzene rings is 2. The van der Waals surface area contributed by atoms with E-state index < -0.39 is 39.7 Å². The minimum absolute atomic E-state index is 0.0582. The molecule has 2 heterocycles. The lowest BCUT2D eigenvalue weighted by atomic mass is 10.0. The molecule has 3 N–H and O–H groups in total. The Hall–Kier alpha value is -3.95. The molecule has 46 heavy (non-hydrogen) atoms. The second kappa shape index (κ2) is 13.0. The van der Waals surface area contributed by atoms with Crippen molar-refractivity contribution in [2.75, 3.05) is 51.2 Å². The van der Waals surface area contributed by atoms with Gasteiger partial charge in [0.25, 0.3) is 5.91 Å². The number of carbonyl (C=O) groups is 1. The summed E-state index contributed by atoms with van der Waals surface area (Å²) in [5.41, 5.74) is 1.81. The number of carbonyl (C=O) groups excluding carboxylic acids is 1. The molecule has 0 saturated carbocycles. The number of fused-ring (bicyclic) bond motifs is 1. The van der Waals surface area contributed by atoms with Crippen molar-refractivity contribution in [1.29, 1.82) is 0 Å². The minimum atomic E-state index is -4.79. The standard InChI is InChI=1S/C31H38F3N7O4S/c1-18-14-24(26(45-4)16-22(18)29(42)36-20-10-12-40(2)13-11-20)38-30-35-17-23(31(32,33)34)28(39-30)37-25-15-19-8-6-7-9-21(19)27(25)41(3)46(5,43)44/h6-9,14,16-17,20,25,27H,10-13,15H2,1-5H3,(H,36,42)(H2,35,37,38,39)/t25-,27-/m1/s1. The molecule has 0 spiro atoms. The van der Waals surface area contributed by atoms with Crippen LogP contribution in [0.3, 0.4) is 0 Å². The molecule has 15 heteroatoms. The number of halogens is 3. The maximum absolute atomic E-state index is 14.2. The summed E-state index contributed by atoms with van der Waals surface area (Å²) in [7, 11) is 1.18. The van der Waals surface area contributed by atoms with E-state index in [1.165, 1.54) is 14.2 Å². The predicted molar refractivity (Wildman–Crippen MR) is 169 cm³/mol. The fourth-order valence-corrected chi connectivity index (χ4v) is 6.70. The van der Waals surface area contributed by atoms with Gasteiger partial charge < -0.3 is 25.6 Å². The molecule has 3 aromatic rings. The average Bonchev–Trinajstić information content (AvgIpc) is 3.34. The van der Waals surface area contributed by atoms with Crippen LogP contribution in [-0.2, 0) is 22.6 Å². The highest BCUT2D eigenvalue weighted by Crippen LogP contribution is 2.41. The number of piperidine rings is 1. The van der Waals surface area contributed by atoms with Crippen LogP contribution in [0.1, 0.15) is 51.5 Å². The highest BCUT2D eigenvalue weighted by molar-refractivity contribution is 7.88. The Morgan fingerprint density at radius 3 is 2.50 bits per heavy atom. The first-order valence-corrected chi connectivity index (χ1v) is 16.7. The fraction of sp³-hybridized carbons (Fsp3) is 0.452. The van der Waals surface area contributed by atoms with Crippen LogP contribution in [0.4, 0.5) is 30.6 Å². The molecule has 11 nitrogen and oxygen atoms in total. The van der Waals surface area contributed by atoms with Crippen LogP contribution in [-0.4, -0.2) is 86.1 Å². The van der Waals surface area contributed by atoms with Gasteiger partial charge in [0.15, 0.2) is 0 Å². The van der Waals surface area contributed by atoms with E-state index in [4.69, 9.17) is 4.74 Å². The van der Waals surface area contributed by atoms with Crippen molar-refractivity contribution in [3.05, 3.63) is 70.4 Å². The molecular weight excluding hydrogens is 623 g/mol. The van der Waals surface area contributed by atoms with Gasteiger partial charge in [0.05, 0.1) is 31.1 Å². The summed E-state index contributed by atoms with van der Waals surface area (Å²) in [5.74, 6) is -0.613. The van der Waals surface area contributed by atoms with Gasteiger partial charge in [-0.05, 0) is 75.1 Å². The monoisotopic (exact) mass is 661 g/mol. The van der Waals surface area contributed by atoms with Crippen molar-refractivity contribution >= 4 is 33.4 Å². The number of amides is 1. The Labute approximate surface area is 266 Å². The highest BCUT2D eigenvalue weighted by Gasteiger charge is 2.41. The number of aryl methyl sites for hydroxylation is 1. The molecule has 5 rings (SSSR count). The molecule has 2 aromatic carbocycles. The van der Waals surface area contributed by atoms with Gasteiger partial charge in [-0.3, -0.25) is 4.79 Å². The van der Waals surface area contributed by atoms with Crippen LogP contribution >= 0.6 is 0 Å². The zero-order chi connectivity index (χ0) is 33.4. The Bertz CT molecular complexity index is 1710. The summed E-state index contributed by atoms with van der Waals surface area (Å²) < 4.78 is 74.2. The summed E-state index contributed by atoms with van der Waals surface area (Å²) in [4.78, 5) is 23.5. The molecule has 1 aliphatic carbocycles. The minimum Gasteiger partial charge on any atom is -0.495 e. The van der Waals surface area contributed by atoms with Crippen LogP contribution < -0.4 is 20.7 Å². The van der Waals surface area contributed by atoms with E-state index >= 15 is 0 Å². The number of rotatable bonds is 9. The van der Waals surface area contributed by atoms with Crippen LogP contribution in [0.2, 0.25) is 0 Å². The summed E-state index contributed by atoms with van der Waals surface area (Å²) >= 11 is 0. The predicted octanol–water partition coefficient (Wildman–Crippen LogP) is 4.35.